The normalized spacial score (nSPS) is 10.5. The van der Waals surface area contributed by atoms with Gasteiger partial charge in [0.25, 0.3) is 5.91 Å². The fourth-order valence-electron chi connectivity index (χ4n) is 3.07. The van der Waals surface area contributed by atoms with Crippen molar-refractivity contribution in [1.82, 2.24) is 10.4 Å². The number of rotatable bonds is 4. The Balaban J connectivity index is 1.75. The Kier molecular flexibility index (Phi) is 5.22. The van der Waals surface area contributed by atoms with Crippen LogP contribution in [0.5, 0.6) is 0 Å². The van der Waals surface area contributed by atoms with Gasteiger partial charge in [0.15, 0.2) is 0 Å². The van der Waals surface area contributed by atoms with Crippen molar-refractivity contribution in [2.75, 3.05) is 0 Å². The average molecular weight is 402 g/mol. The monoisotopic (exact) mass is 401 g/mol. The second kappa shape index (κ2) is 8.12. The first-order valence-electron chi connectivity index (χ1n) is 8.93. The van der Waals surface area contributed by atoms with E-state index in [2.05, 4.69) is 15.5 Å². The van der Waals surface area contributed by atoms with Crippen molar-refractivity contribution in [2.45, 2.75) is 0 Å². The van der Waals surface area contributed by atoms with Gasteiger partial charge in [0.1, 0.15) is 0 Å². The lowest BCUT2D eigenvalue weighted by molar-refractivity contribution is 0.0956. The Labute approximate surface area is 171 Å². The second-order valence-corrected chi connectivity index (χ2v) is 6.81. The summed E-state index contributed by atoms with van der Waals surface area (Å²) >= 11 is 6.07. The molecule has 29 heavy (non-hydrogen) atoms. The van der Waals surface area contributed by atoms with E-state index in [0.29, 0.717) is 21.6 Å². The Bertz CT molecular complexity index is 1220. The number of halogens is 1. The van der Waals surface area contributed by atoms with Crippen LogP contribution in [-0.4, -0.2) is 16.6 Å². The fourth-order valence-corrected chi connectivity index (χ4v) is 3.24. The molecule has 0 fully saturated rings. The van der Waals surface area contributed by atoms with Gasteiger partial charge in [-0.15, -0.1) is 0 Å². The maximum absolute atomic E-state index is 12.9. The first-order chi connectivity index (χ1) is 14.1. The van der Waals surface area contributed by atoms with Gasteiger partial charge in [-0.25, -0.2) is 5.43 Å². The molecule has 0 saturated heterocycles. The highest BCUT2D eigenvalue weighted by Crippen LogP contribution is 2.20. The van der Waals surface area contributed by atoms with Crippen molar-refractivity contribution in [3.63, 3.8) is 0 Å². The number of hydrazone groups is 1. The molecular formula is C23H16ClN3O2. The number of hydrogen-bond donors (Lipinski definition) is 2. The number of aromatic amines is 1. The van der Waals surface area contributed by atoms with Gasteiger partial charge in [-0.3, -0.25) is 9.59 Å². The summed E-state index contributed by atoms with van der Waals surface area (Å²) in [6, 6.07) is 25.3. The van der Waals surface area contributed by atoms with Crippen LogP contribution < -0.4 is 11.0 Å². The number of H-pyrrole nitrogens is 1. The van der Waals surface area contributed by atoms with E-state index in [1.807, 2.05) is 60.7 Å². The van der Waals surface area contributed by atoms with Crippen LogP contribution in [0.3, 0.4) is 0 Å². The second-order valence-electron chi connectivity index (χ2n) is 6.37. The molecule has 142 valence electrons. The topological polar surface area (TPSA) is 74.3 Å². The molecule has 2 N–H and O–H groups in total. The average Bonchev–Trinajstić information content (AvgIpc) is 2.75. The summed E-state index contributed by atoms with van der Waals surface area (Å²) in [5.41, 5.74) is 5.28. The van der Waals surface area contributed by atoms with E-state index in [1.165, 1.54) is 6.07 Å². The van der Waals surface area contributed by atoms with Gasteiger partial charge in [0, 0.05) is 33.1 Å². The maximum Gasteiger partial charge on any atom is 0.272 e. The lowest BCUT2D eigenvalue weighted by Crippen LogP contribution is -2.23. The molecule has 3 aromatic carbocycles. The van der Waals surface area contributed by atoms with Crippen LogP contribution in [0.15, 0.2) is 94.8 Å². The lowest BCUT2D eigenvalue weighted by Gasteiger charge is -2.09. The van der Waals surface area contributed by atoms with E-state index in [0.717, 1.165) is 11.1 Å². The summed E-state index contributed by atoms with van der Waals surface area (Å²) < 4.78 is 0. The number of amides is 1. The van der Waals surface area contributed by atoms with Crippen LogP contribution >= 0.6 is 11.6 Å². The number of benzene rings is 3. The summed E-state index contributed by atoms with van der Waals surface area (Å²) in [7, 11) is 0. The number of carbonyl (C=O) groups excluding carboxylic acids is 1. The van der Waals surface area contributed by atoms with Crippen molar-refractivity contribution < 1.29 is 4.79 Å². The van der Waals surface area contributed by atoms with Crippen LogP contribution in [0.25, 0.3) is 10.9 Å². The molecule has 0 radical (unpaired) electrons. The molecule has 0 aliphatic rings. The first-order valence-corrected chi connectivity index (χ1v) is 9.31. The predicted octanol–water partition coefficient (Wildman–Crippen LogP) is 4.36. The quantitative estimate of drug-likeness (QED) is 0.393. The molecular weight excluding hydrogens is 386 g/mol. The number of hydrogen-bond acceptors (Lipinski definition) is 3. The highest BCUT2D eigenvalue weighted by molar-refractivity contribution is 6.31. The van der Waals surface area contributed by atoms with Crippen LogP contribution in [0.1, 0.15) is 21.5 Å². The first kappa shape index (κ1) is 18.7. The Morgan fingerprint density at radius 2 is 1.48 bits per heavy atom. The molecule has 6 heteroatoms. The van der Waals surface area contributed by atoms with E-state index >= 15 is 0 Å². The number of carbonyl (C=O) groups is 1. The molecule has 1 heterocycles. The third-order valence-corrected chi connectivity index (χ3v) is 4.65. The third kappa shape index (κ3) is 4.10. The Morgan fingerprint density at radius 1 is 0.862 bits per heavy atom. The van der Waals surface area contributed by atoms with Gasteiger partial charge in [-0.2, -0.15) is 5.10 Å². The lowest BCUT2D eigenvalue weighted by atomic mass is 10.0. The number of nitrogens with zero attached hydrogens (tertiary/aromatic N) is 1. The SMILES string of the molecule is O=C(NN=C(c1ccccc1)c1ccccc1)c1cc(=O)[nH]c2ccc(Cl)cc12. The van der Waals surface area contributed by atoms with Gasteiger partial charge in [-0.05, 0) is 18.2 Å². The zero-order chi connectivity index (χ0) is 20.2. The molecule has 5 nitrogen and oxygen atoms in total. The van der Waals surface area contributed by atoms with E-state index < -0.39 is 5.91 Å². The van der Waals surface area contributed by atoms with E-state index in [1.54, 1.807) is 18.2 Å². The van der Waals surface area contributed by atoms with Gasteiger partial charge in [0.05, 0.1) is 11.3 Å². The molecule has 0 saturated carbocycles. The molecule has 0 aliphatic carbocycles. The number of pyridine rings is 1. The zero-order valence-electron chi connectivity index (χ0n) is 15.2. The number of nitrogens with one attached hydrogen (secondary N) is 2. The largest absolute Gasteiger partial charge is 0.322 e. The van der Waals surface area contributed by atoms with Crippen LogP contribution in [0, 0.1) is 0 Å². The smallest absolute Gasteiger partial charge is 0.272 e. The van der Waals surface area contributed by atoms with E-state index in [9.17, 15) is 9.59 Å². The highest BCUT2D eigenvalue weighted by Gasteiger charge is 2.13. The minimum atomic E-state index is -0.493. The van der Waals surface area contributed by atoms with Crippen molar-refractivity contribution in [1.29, 1.82) is 0 Å². The minimum Gasteiger partial charge on any atom is -0.322 e. The molecule has 1 aromatic heterocycles. The standard InChI is InChI=1S/C23H16ClN3O2/c24-17-11-12-20-18(13-17)19(14-21(28)25-20)23(29)27-26-22(15-7-3-1-4-8-15)16-9-5-2-6-10-16/h1-14H,(H,25,28)(H,27,29). The summed E-state index contributed by atoms with van der Waals surface area (Å²) in [5.74, 6) is -0.493. The van der Waals surface area contributed by atoms with Gasteiger partial charge < -0.3 is 4.98 Å². The van der Waals surface area contributed by atoms with E-state index in [4.69, 9.17) is 11.6 Å². The zero-order valence-corrected chi connectivity index (χ0v) is 16.0. The molecule has 0 unspecified atom stereocenters. The van der Waals surface area contributed by atoms with E-state index in [-0.39, 0.29) is 11.1 Å². The molecule has 0 atom stereocenters. The summed E-state index contributed by atoms with van der Waals surface area (Å²) in [4.78, 5) is 27.5. The summed E-state index contributed by atoms with van der Waals surface area (Å²) in [6.07, 6.45) is 0. The highest BCUT2D eigenvalue weighted by atomic mass is 35.5. The molecule has 0 spiro atoms. The van der Waals surface area contributed by atoms with Crippen LogP contribution in [-0.2, 0) is 0 Å². The predicted molar refractivity (Wildman–Crippen MR) is 116 cm³/mol. The van der Waals surface area contributed by atoms with Crippen molar-refractivity contribution in [3.05, 3.63) is 117 Å². The number of aromatic nitrogens is 1. The van der Waals surface area contributed by atoms with Gasteiger partial charge in [-0.1, -0.05) is 72.3 Å². The molecule has 4 rings (SSSR count). The summed E-state index contributed by atoms with van der Waals surface area (Å²) in [6.45, 7) is 0. The van der Waals surface area contributed by atoms with Crippen LogP contribution in [0.4, 0.5) is 0 Å². The minimum absolute atomic E-state index is 0.204. The molecule has 0 bridgehead atoms. The van der Waals surface area contributed by atoms with Crippen molar-refractivity contribution >= 4 is 34.1 Å². The molecule has 4 aromatic rings. The van der Waals surface area contributed by atoms with Gasteiger partial charge in [0.2, 0.25) is 5.56 Å². The Morgan fingerprint density at radius 3 is 2.10 bits per heavy atom. The maximum atomic E-state index is 12.9. The van der Waals surface area contributed by atoms with Crippen molar-refractivity contribution in [2.24, 2.45) is 5.10 Å². The Hall–Kier alpha value is -3.70. The number of fused-ring (bicyclic) bond motifs is 1. The molecule has 1 amide bonds. The summed E-state index contributed by atoms with van der Waals surface area (Å²) in [5, 5.41) is 5.39. The van der Waals surface area contributed by atoms with Crippen LogP contribution in [0.2, 0.25) is 5.02 Å². The fraction of sp³-hybridized carbons (Fsp3) is 0. The van der Waals surface area contributed by atoms with Gasteiger partial charge >= 0.3 is 0 Å². The van der Waals surface area contributed by atoms with Crippen molar-refractivity contribution in [3.8, 4) is 0 Å². The molecule has 0 aliphatic heterocycles. The third-order valence-electron chi connectivity index (χ3n) is 4.41.